The minimum Gasteiger partial charge on any atom is -0.371 e. The largest absolute Gasteiger partial charge is 0.371 e. The molecule has 100 valence electrons. The minimum absolute atomic E-state index is 0.323. The lowest BCUT2D eigenvalue weighted by Crippen LogP contribution is -2.53. The number of rotatable bonds is 2. The summed E-state index contributed by atoms with van der Waals surface area (Å²) < 4.78 is 0. The van der Waals surface area contributed by atoms with Crippen LogP contribution in [-0.2, 0) is 0 Å². The van der Waals surface area contributed by atoms with Gasteiger partial charge in [-0.25, -0.2) is 0 Å². The van der Waals surface area contributed by atoms with Gasteiger partial charge in [0.2, 0.25) is 0 Å². The lowest BCUT2D eigenvalue weighted by Gasteiger charge is -2.45. The third-order valence-corrected chi connectivity index (χ3v) is 4.49. The maximum atomic E-state index is 3.47. The molecule has 2 heteroatoms. The van der Waals surface area contributed by atoms with Crippen LogP contribution in [0.3, 0.4) is 0 Å². The zero-order valence-corrected chi connectivity index (χ0v) is 12.4. The highest BCUT2D eigenvalue weighted by Crippen LogP contribution is 2.33. The van der Waals surface area contributed by atoms with Gasteiger partial charge in [-0.15, -0.1) is 0 Å². The SMILES string of the molecule is CNC1CCN(c2cccc(C)c2C)CC1(C)C. The van der Waals surface area contributed by atoms with Crippen LogP contribution in [0.25, 0.3) is 0 Å². The first-order chi connectivity index (χ1) is 8.45. The first kappa shape index (κ1) is 13.4. The van der Waals surface area contributed by atoms with Crippen LogP contribution in [0, 0.1) is 19.3 Å². The molecule has 1 saturated heterocycles. The third-order valence-electron chi connectivity index (χ3n) is 4.49. The maximum absolute atomic E-state index is 3.47. The molecule has 0 aliphatic carbocycles. The highest BCUT2D eigenvalue weighted by molar-refractivity contribution is 5.56. The second kappa shape index (κ2) is 4.93. The molecule has 1 heterocycles. The van der Waals surface area contributed by atoms with E-state index in [-0.39, 0.29) is 0 Å². The Morgan fingerprint density at radius 2 is 2.00 bits per heavy atom. The monoisotopic (exact) mass is 246 g/mol. The molecule has 1 unspecified atom stereocenters. The smallest absolute Gasteiger partial charge is 0.0398 e. The first-order valence-electron chi connectivity index (χ1n) is 6.94. The van der Waals surface area contributed by atoms with Crippen molar-refractivity contribution in [1.82, 2.24) is 5.32 Å². The van der Waals surface area contributed by atoms with E-state index >= 15 is 0 Å². The van der Waals surface area contributed by atoms with Crippen molar-refractivity contribution in [2.24, 2.45) is 5.41 Å². The second-order valence-electron chi connectivity index (χ2n) is 6.26. The molecule has 0 saturated carbocycles. The number of nitrogens with one attached hydrogen (secondary N) is 1. The molecule has 0 bridgehead atoms. The van der Waals surface area contributed by atoms with E-state index in [2.05, 4.69) is 63.2 Å². The molecule has 1 aromatic rings. The van der Waals surface area contributed by atoms with Gasteiger partial charge in [0.1, 0.15) is 0 Å². The van der Waals surface area contributed by atoms with Gasteiger partial charge in [-0.3, -0.25) is 0 Å². The number of piperidine rings is 1. The average Bonchev–Trinajstić information content (AvgIpc) is 2.31. The molecule has 1 aliphatic heterocycles. The summed E-state index contributed by atoms with van der Waals surface area (Å²) in [5.41, 5.74) is 4.55. The van der Waals surface area contributed by atoms with E-state index in [1.165, 1.54) is 23.2 Å². The Hall–Kier alpha value is -1.02. The Bertz CT molecular complexity index is 423. The summed E-state index contributed by atoms with van der Waals surface area (Å²) in [6.07, 6.45) is 1.22. The van der Waals surface area contributed by atoms with Crippen LogP contribution < -0.4 is 10.2 Å². The molecule has 2 nitrogen and oxygen atoms in total. The molecule has 1 aliphatic rings. The standard InChI is InChI=1S/C16H26N2/c1-12-7-6-8-14(13(12)2)18-10-9-15(17-5)16(3,4)11-18/h6-8,15,17H,9-11H2,1-5H3. The summed E-state index contributed by atoms with van der Waals surface area (Å²) in [5, 5.41) is 3.47. The van der Waals surface area contributed by atoms with E-state index in [1.807, 2.05) is 0 Å². The van der Waals surface area contributed by atoms with Crippen molar-refractivity contribution in [2.45, 2.75) is 40.2 Å². The molecule has 2 rings (SSSR count). The van der Waals surface area contributed by atoms with Crippen molar-refractivity contribution < 1.29 is 0 Å². The molecule has 0 spiro atoms. The highest BCUT2D eigenvalue weighted by atomic mass is 15.2. The van der Waals surface area contributed by atoms with Crippen LogP contribution in [0.15, 0.2) is 18.2 Å². The summed E-state index contributed by atoms with van der Waals surface area (Å²) in [5.74, 6) is 0. The maximum Gasteiger partial charge on any atom is 0.0398 e. The molecule has 0 amide bonds. The average molecular weight is 246 g/mol. The Morgan fingerprint density at radius 1 is 1.28 bits per heavy atom. The normalized spacial score (nSPS) is 23.2. The van der Waals surface area contributed by atoms with Gasteiger partial charge in [0, 0.05) is 24.8 Å². The van der Waals surface area contributed by atoms with E-state index in [1.54, 1.807) is 0 Å². The van der Waals surface area contributed by atoms with Crippen molar-refractivity contribution in [2.75, 3.05) is 25.0 Å². The van der Waals surface area contributed by atoms with Crippen LogP contribution in [0.4, 0.5) is 5.69 Å². The number of aryl methyl sites for hydroxylation is 1. The first-order valence-corrected chi connectivity index (χ1v) is 6.94. The van der Waals surface area contributed by atoms with Crippen molar-refractivity contribution in [3.8, 4) is 0 Å². The number of anilines is 1. The quantitative estimate of drug-likeness (QED) is 0.862. The van der Waals surface area contributed by atoms with Gasteiger partial charge < -0.3 is 10.2 Å². The lowest BCUT2D eigenvalue weighted by molar-refractivity contribution is 0.215. The number of nitrogens with zero attached hydrogens (tertiary/aromatic N) is 1. The van der Waals surface area contributed by atoms with Gasteiger partial charge in [0.05, 0.1) is 0 Å². The van der Waals surface area contributed by atoms with Crippen molar-refractivity contribution in [1.29, 1.82) is 0 Å². The van der Waals surface area contributed by atoms with E-state index < -0.39 is 0 Å². The van der Waals surface area contributed by atoms with Gasteiger partial charge in [0.15, 0.2) is 0 Å². The number of hydrogen-bond donors (Lipinski definition) is 1. The molecule has 1 aromatic carbocycles. The summed E-state index contributed by atoms with van der Waals surface area (Å²) in [6.45, 7) is 11.4. The van der Waals surface area contributed by atoms with Crippen LogP contribution >= 0.6 is 0 Å². The zero-order chi connectivity index (χ0) is 13.3. The van der Waals surface area contributed by atoms with Gasteiger partial charge >= 0.3 is 0 Å². The fourth-order valence-corrected chi connectivity index (χ4v) is 3.18. The molecule has 1 fully saturated rings. The second-order valence-corrected chi connectivity index (χ2v) is 6.26. The number of benzene rings is 1. The predicted molar refractivity (Wildman–Crippen MR) is 79.4 cm³/mol. The Kier molecular flexibility index (Phi) is 3.67. The van der Waals surface area contributed by atoms with Crippen molar-refractivity contribution >= 4 is 5.69 Å². The molecular formula is C16H26N2. The van der Waals surface area contributed by atoms with Crippen molar-refractivity contribution in [3.63, 3.8) is 0 Å². The Morgan fingerprint density at radius 3 is 2.61 bits per heavy atom. The molecule has 0 radical (unpaired) electrons. The summed E-state index contributed by atoms with van der Waals surface area (Å²) in [7, 11) is 2.08. The predicted octanol–water partition coefficient (Wildman–Crippen LogP) is 3.13. The van der Waals surface area contributed by atoms with Crippen LogP contribution in [-0.4, -0.2) is 26.2 Å². The summed E-state index contributed by atoms with van der Waals surface area (Å²) in [6, 6.07) is 7.26. The topological polar surface area (TPSA) is 15.3 Å². The lowest BCUT2D eigenvalue weighted by atomic mass is 9.79. The van der Waals surface area contributed by atoms with Crippen LogP contribution in [0.1, 0.15) is 31.4 Å². The Labute approximate surface area is 111 Å². The molecule has 0 aromatic heterocycles. The fraction of sp³-hybridized carbons (Fsp3) is 0.625. The van der Waals surface area contributed by atoms with Crippen LogP contribution in [0.2, 0.25) is 0 Å². The minimum atomic E-state index is 0.323. The molecule has 1 N–H and O–H groups in total. The fourth-order valence-electron chi connectivity index (χ4n) is 3.18. The third kappa shape index (κ3) is 2.39. The molecular weight excluding hydrogens is 220 g/mol. The highest BCUT2D eigenvalue weighted by Gasteiger charge is 2.35. The van der Waals surface area contributed by atoms with Gasteiger partial charge in [-0.05, 0) is 49.9 Å². The van der Waals surface area contributed by atoms with Crippen molar-refractivity contribution in [3.05, 3.63) is 29.3 Å². The molecule has 1 atom stereocenters. The summed E-state index contributed by atoms with van der Waals surface area (Å²) in [4.78, 5) is 2.55. The molecule has 18 heavy (non-hydrogen) atoms. The Balaban J connectivity index is 2.24. The van der Waals surface area contributed by atoms with E-state index in [9.17, 15) is 0 Å². The van der Waals surface area contributed by atoms with E-state index in [0.29, 0.717) is 11.5 Å². The van der Waals surface area contributed by atoms with Gasteiger partial charge in [-0.2, -0.15) is 0 Å². The van der Waals surface area contributed by atoms with Crippen LogP contribution in [0.5, 0.6) is 0 Å². The van der Waals surface area contributed by atoms with E-state index in [0.717, 1.165) is 13.1 Å². The van der Waals surface area contributed by atoms with Gasteiger partial charge in [0.25, 0.3) is 0 Å². The summed E-state index contributed by atoms with van der Waals surface area (Å²) >= 11 is 0. The van der Waals surface area contributed by atoms with Gasteiger partial charge in [-0.1, -0.05) is 26.0 Å². The van der Waals surface area contributed by atoms with E-state index in [4.69, 9.17) is 0 Å². The number of hydrogen-bond acceptors (Lipinski definition) is 2. The zero-order valence-electron chi connectivity index (χ0n) is 12.4.